The Morgan fingerprint density at radius 1 is 0.682 bits per heavy atom. The second-order valence-corrected chi connectivity index (χ2v) is 16.9. The Bertz CT molecular complexity index is 1530. The first kappa shape index (κ1) is 27.1. The van der Waals surface area contributed by atoms with Crippen molar-refractivity contribution < 1.29 is 0 Å². The molecule has 8 atom stereocenters. The van der Waals surface area contributed by atoms with Crippen molar-refractivity contribution in [3.05, 3.63) is 59.2 Å². The molecular weight excluding hydrogens is 536 g/mol. The lowest BCUT2D eigenvalue weighted by atomic mass is 9.46. The van der Waals surface area contributed by atoms with Gasteiger partial charge in [0.05, 0.1) is 5.54 Å². The minimum absolute atomic E-state index is 0.0236. The van der Waals surface area contributed by atoms with Crippen molar-refractivity contribution in [1.82, 2.24) is 9.80 Å². The van der Waals surface area contributed by atoms with Gasteiger partial charge in [0.1, 0.15) is 0 Å². The Morgan fingerprint density at radius 2 is 1.41 bits per heavy atom. The highest BCUT2D eigenvalue weighted by Gasteiger charge is 2.74. The van der Waals surface area contributed by atoms with Crippen LogP contribution in [0.4, 0.5) is 11.4 Å². The van der Waals surface area contributed by atoms with Crippen LogP contribution in [0.15, 0.2) is 42.5 Å². The van der Waals surface area contributed by atoms with Crippen LogP contribution in [0.1, 0.15) is 108 Å². The first-order valence-electron chi connectivity index (χ1n) is 18.6. The summed E-state index contributed by atoms with van der Waals surface area (Å²) < 4.78 is 0. The smallest absolute Gasteiger partial charge is 0.0763 e. The summed E-state index contributed by atoms with van der Waals surface area (Å²) in [4.78, 5) is 11.6. The number of hydrogen-bond acceptors (Lipinski definition) is 4. The summed E-state index contributed by atoms with van der Waals surface area (Å²) in [5.41, 5.74) is 9.57. The minimum atomic E-state index is 0.0236. The SMILES string of the molecule is CC[C@]12CCCN3CC[C@@]4(c5cc([C@]67CC[C@]8(CC)CCCN9CC[C@]6(c6ccccc6N7C)[C@@H]98)ccc5N(C)[C@H]4CC1)[C@@H]32. The van der Waals surface area contributed by atoms with Gasteiger partial charge in [0.15, 0.2) is 0 Å². The highest BCUT2D eigenvalue weighted by molar-refractivity contribution is 5.73. The lowest BCUT2D eigenvalue weighted by Gasteiger charge is -2.63. The minimum Gasteiger partial charge on any atom is -0.370 e. The van der Waals surface area contributed by atoms with Gasteiger partial charge in [0, 0.05) is 54.4 Å². The largest absolute Gasteiger partial charge is 0.370 e. The zero-order valence-electron chi connectivity index (χ0n) is 27.9. The average Bonchev–Trinajstić information content (AvgIpc) is 3.79. The summed E-state index contributed by atoms with van der Waals surface area (Å²) >= 11 is 0. The summed E-state index contributed by atoms with van der Waals surface area (Å²) in [6.45, 7) is 10.2. The van der Waals surface area contributed by atoms with E-state index in [-0.39, 0.29) is 16.4 Å². The summed E-state index contributed by atoms with van der Waals surface area (Å²) in [6.07, 6.45) is 16.4. The third-order valence-corrected chi connectivity index (χ3v) is 16.5. The Morgan fingerprint density at radius 3 is 2.20 bits per heavy atom. The number of hydrogen-bond donors (Lipinski definition) is 0. The van der Waals surface area contributed by atoms with Gasteiger partial charge in [-0.05, 0) is 143 Å². The quantitative estimate of drug-likeness (QED) is 0.368. The molecule has 2 aromatic rings. The van der Waals surface area contributed by atoms with Crippen molar-refractivity contribution in [2.75, 3.05) is 50.1 Å². The standard InChI is InChI=1S/C40H54N4/c1-5-36-16-9-23-43-25-21-38(34(36)43)30-27-28(13-14-31(30)41(3)33(38)15-18-36)40-20-19-37(6-2)17-10-24-44-26-22-39(40,35(37)44)29-11-7-8-12-32(29)42(40)4/h7-8,11-14,27,33-35H,5-6,9-10,15-26H2,1-4H3/t33-,34-,35-,36-,37-,38-,39-,40+/m0/s1. The molecule has 2 spiro atoms. The van der Waals surface area contributed by atoms with E-state index in [1.807, 2.05) is 0 Å². The molecule has 0 unspecified atom stereocenters. The van der Waals surface area contributed by atoms with Crippen LogP contribution in [0.25, 0.3) is 0 Å². The molecule has 0 aromatic heterocycles. The molecule has 2 saturated carbocycles. The zero-order chi connectivity index (χ0) is 29.7. The van der Waals surface area contributed by atoms with Crippen molar-refractivity contribution in [1.29, 1.82) is 0 Å². The summed E-state index contributed by atoms with van der Waals surface area (Å²) in [5, 5.41) is 0. The highest BCUT2D eigenvalue weighted by atomic mass is 15.3. The maximum Gasteiger partial charge on any atom is 0.0763 e. The van der Waals surface area contributed by atoms with Gasteiger partial charge >= 0.3 is 0 Å². The molecule has 4 saturated heterocycles. The molecule has 6 fully saturated rings. The number of anilines is 2. The number of para-hydroxylation sites is 1. The van der Waals surface area contributed by atoms with E-state index in [2.05, 4.69) is 90.0 Å². The van der Waals surface area contributed by atoms with E-state index in [4.69, 9.17) is 0 Å². The van der Waals surface area contributed by atoms with E-state index >= 15 is 0 Å². The van der Waals surface area contributed by atoms with Crippen LogP contribution in [0, 0.1) is 10.8 Å². The van der Waals surface area contributed by atoms with E-state index in [0.29, 0.717) is 22.9 Å². The van der Waals surface area contributed by atoms with Gasteiger partial charge in [0.2, 0.25) is 0 Å². The zero-order valence-corrected chi connectivity index (χ0v) is 27.9. The van der Waals surface area contributed by atoms with E-state index < -0.39 is 0 Å². The maximum atomic E-state index is 2.99. The molecule has 0 N–H and O–H groups in total. The first-order chi connectivity index (χ1) is 21.4. The number of fused-ring (bicyclic) bond motifs is 2. The second kappa shape index (κ2) is 8.65. The van der Waals surface area contributed by atoms with Gasteiger partial charge in [-0.3, -0.25) is 9.80 Å². The molecule has 4 nitrogen and oxygen atoms in total. The lowest BCUT2D eigenvalue weighted by molar-refractivity contribution is -0.0611. The number of rotatable bonds is 3. The van der Waals surface area contributed by atoms with Crippen molar-refractivity contribution in [3.63, 3.8) is 0 Å². The van der Waals surface area contributed by atoms with E-state index in [1.54, 1.807) is 22.4 Å². The molecular formula is C40H54N4. The molecule has 10 rings (SSSR count). The van der Waals surface area contributed by atoms with Crippen LogP contribution in [0.2, 0.25) is 0 Å². The van der Waals surface area contributed by atoms with E-state index in [0.717, 1.165) is 6.04 Å². The first-order valence-corrected chi connectivity index (χ1v) is 18.6. The summed E-state index contributed by atoms with van der Waals surface area (Å²) in [6, 6.07) is 19.8. The van der Waals surface area contributed by atoms with Crippen molar-refractivity contribution in [2.45, 2.75) is 125 Å². The fourth-order valence-corrected chi connectivity index (χ4v) is 15.0. The summed E-state index contributed by atoms with van der Waals surface area (Å²) in [7, 11) is 4.94. The Kier molecular flexibility index (Phi) is 5.33. The van der Waals surface area contributed by atoms with Gasteiger partial charge < -0.3 is 9.80 Å². The molecule has 0 radical (unpaired) electrons. The van der Waals surface area contributed by atoms with E-state index in [1.165, 1.54) is 109 Å². The van der Waals surface area contributed by atoms with Gasteiger partial charge in [0.25, 0.3) is 0 Å². The van der Waals surface area contributed by atoms with Crippen LogP contribution >= 0.6 is 0 Å². The molecule has 2 aliphatic carbocycles. The summed E-state index contributed by atoms with van der Waals surface area (Å²) in [5.74, 6) is 0. The van der Waals surface area contributed by atoms with Gasteiger partial charge in [-0.15, -0.1) is 0 Å². The maximum absolute atomic E-state index is 2.99. The van der Waals surface area contributed by atoms with Gasteiger partial charge in [-0.25, -0.2) is 0 Å². The number of benzene rings is 2. The van der Waals surface area contributed by atoms with Crippen LogP contribution in [0.3, 0.4) is 0 Å². The second-order valence-electron chi connectivity index (χ2n) is 16.9. The molecule has 2 aromatic carbocycles. The monoisotopic (exact) mass is 590 g/mol. The highest BCUT2D eigenvalue weighted by Crippen LogP contribution is 2.73. The van der Waals surface area contributed by atoms with Crippen LogP contribution in [-0.4, -0.2) is 68.2 Å². The third-order valence-electron chi connectivity index (χ3n) is 16.5. The molecule has 234 valence electrons. The topological polar surface area (TPSA) is 13.0 Å². The van der Waals surface area contributed by atoms with Crippen molar-refractivity contribution in [2.24, 2.45) is 10.8 Å². The normalized spacial score (nSPS) is 45.0. The van der Waals surface area contributed by atoms with Gasteiger partial charge in [-0.2, -0.15) is 0 Å². The predicted molar refractivity (Wildman–Crippen MR) is 181 cm³/mol. The fraction of sp³-hybridized carbons (Fsp3) is 0.700. The Labute approximate surface area is 266 Å². The van der Waals surface area contributed by atoms with Crippen molar-refractivity contribution >= 4 is 11.4 Å². The molecule has 44 heavy (non-hydrogen) atoms. The molecule has 6 heterocycles. The van der Waals surface area contributed by atoms with Gasteiger partial charge in [-0.1, -0.05) is 44.2 Å². The predicted octanol–water partition coefficient (Wildman–Crippen LogP) is 7.44. The number of nitrogens with zero attached hydrogens (tertiary/aromatic N) is 4. The van der Waals surface area contributed by atoms with E-state index in [9.17, 15) is 0 Å². The van der Waals surface area contributed by atoms with Crippen LogP contribution in [-0.2, 0) is 16.4 Å². The Balaban J connectivity index is 1.21. The molecule has 4 heteroatoms. The third kappa shape index (κ3) is 2.70. The molecule has 0 bridgehead atoms. The van der Waals surface area contributed by atoms with Crippen molar-refractivity contribution in [3.8, 4) is 0 Å². The lowest BCUT2D eigenvalue weighted by Crippen LogP contribution is -2.69. The van der Waals surface area contributed by atoms with Crippen LogP contribution < -0.4 is 9.80 Å². The molecule has 0 amide bonds. The molecule has 8 aliphatic rings. The number of likely N-dealkylation sites (N-methyl/N-ethyl adjacent to an activating group) is 2. The fourth-order valence-electron chi connectivity index (χ4n) is 15.0. The molecule has 6 aliphatic heterocycles. The van der Waals surface area contributed by atoms with Crippen LogP contribution in [0.5, 0.6) is 0 Å². The Hall–Kier alpha value is -2.04. The number of piperidine rings is 2. The average molecular weight is 591 g/mol.